The van der Waals surface area contributed by atoms with E-state index in [2.05, 4.69) is 10.3 Å². The van der Waals surface area contributed by atoms with Gasteiger partial charge in [-0.1, -0.05) is 18.5 Å². The molecule has 0 aliphatic heterocycles. The van der Waals surface area contributed by atoms with Gasteiger partial charge >= 0.3 is 18.0 Å². The lowest BCUT2D eigenvalue weighted by molar-refractivity contribution is -0.141. The van der Waals surface area contributed by atoms with Crippen LogP contribution in [0, 0.1) is 5.92 Å². The van der Waals surface area contributed by atoms with Crippen molar-refractivity contribution in [1.29, 1.82) is 0 Å². The van der Waals surface area contributed by atoms with Gasteiger partial charge < -0.3 is 16.2 Å². The number of rotatable bonds is 5. The molecular weight excluding hydrogens is 300 g/mol. The third-order valence-corrected chi connectivity index (χ3v) is 2.82. The third-order valence-electron chi connectivity index (χ3n) is 2.60. The fourth-order valence-corrected chi connectivity index (χ4v) is 1.51. The summed E-state index contributed by atoms with van der Waals surface area (Å²) in [4.78, 5) is 38.4. The SMILES string of the molecule is C[C@@H](CN(C(N)=O)C(=O)NCc1ccc(Cl)cn1)C(=O)O. The molecule has 8 nitrogen and oxygen atoms in total. The number of hydrogen-bond acceptors (Lipinski definition) is 4. The normalized spacial score (nSPS) is 11.5. The Hall–Kier alpha value is -2.35. The van der Waals surface area contributed by atoms with Crippen LogP contribution < -0.4 is 11.1 Å². The monoisotopic (exact) mass is 314 g/mol. The van der Waals surface area contributed by atoms with Crippen molar-refractivity contribution in [3.8, 4) is 0 Å². The Morgan fingerprint density at radius 2 is 2.14 bits per heavy atom. The number of aliphatic carboxylic acids is 1. The molecule has 0 saturated heterocycles. The molecule has 1 aromatic rings. The first-order valence-corrected chi connectivity index (χ1v) is 6.37. The highest BCUT2D eigenvalue weighted by Gasteiger charge is 2.24. The van der Waals surface area contributed by atoms with Gasteiger partial charge in [-0.25, -0.2) is 14.5 Å². The maximum absolute atomic E-state index is 11.9. The van der Waals surface area contributed by atoms with Crippen molar-refractivity contribution < 1.29 is 19.5 Å². The minimum atomic E-state index is -1.13. The molecule has 4 N–H and O–H groups in total. The molecule has 0 unspecified atom stereocenters. The number of carbonyl (C=O) groups is 3. The smallest absolute Gasteiger partial charge is 0.325 e. The summed E-state index contributed by atoms with van der Waals surface area (Å²) < 4.78 is 0. The lowest BCUT2D eigenvalue weighted by atomic mass is 10.2. The maximum Gasteiger partial charge on any atom is 0.325 e. The number of nitrogens with two attached hydrogens (primary N) is 1. The summed E-state index contributed by atoms with van der Waals surface area (Å²) >= 11 is 5.68. The largest absolute Gasteiger partial charge is 0.481 e. The van der Waals surface area contributed by atoms with Crippen molar-refractivity contribution in [3.63, 3.8) is 0 Å². The van der Waals surface area contributed by atoms with Gasteiger partial charge in [-0.3, -0.25) is 9.78 Å². The van der Waals surface area contributed by atoms with Crippen molar-refractivity contribution in [1.82, 2.24) is 15.2 Å². The fraction of sp³-hybridized carbons (Fsp3) is 0.333. The van der Waals surface area contributed by atoms with Crippen molar-refractivity contribution in [3.05, 3.63) is 29.0 Å². The third kappa shape index (κ3) is 5.27. The second-order valence-corrected chi connectivity index (χ2v) is 4.75. The molecule has 0 spiro atoms. The van der Waals surface area contributed by atoms with Gasteiger partial charge in [0.05, 0.1) is 23.2 Å². The van der Waals surface area contributed by atoms with Crippen LogP contribution in [0.3, 0.4) is 0 Å². The highest BCUT2D eigenvalue weighted by Crippen LogP contribution is 2.06. The number of aromatic nitrogens is 1. The van der Waals surface area contributed by atoms with Crippen LogP contribution in [0.15, 0.2) is 18.3 Å². The van der Waals surface area contributed by atoms with Crippen LogP contribution in [0.2, 0.25) is 5.02 Å². The van der Waals surface area contributed by atoms with Gasteiger partial charge in [0.1, 0.15) is 0 Å². The topological polar surface area (TPSA) is 126 Å². The molecule has 0 aliphatic carbocycles. The number of carboxylic acids is 1. The van der Waals surface area contributed by atoms with Crippen molar-refractivity contribution in [2.24, 2.45) is 11.7 Å². The van der Waals surface area contributed by atoms with Crippen LogP contribution in [0.5, 0.6) is 0 Å². The number of nitrogens with zero attached hydrogens (tertiary/aromatic N) is 2. The molecule has 1 rings (SSSR count). The van der Waals surface area contributed by atoms with Crippen LogP contribution in [0.25, 0.3) is 0 Å². The Labute approximate surface area is 125 Å². The lowest BCUT2D eigenvalue weighted by Crippen LogP contribution is -2.48. The number of imide groups is 1. The first-order valence-electron chi connectivity index (χ1n) is 5.99. The highest BCUT2D eigenvalue weighted by atomic mass is 35.5. The van der Waals surface area contributed by atoms with Gasteiger partial charge in [-0.15, -0.1) is 0 Å². The molecule has 114 valence electrons. The van der Waals surface area contributed by atoms with E-state index >= 15 is 0 Å². The fourth-order valence-electron chi connectivity index (χ4n) is 1.40. The molecule has 0 aliphatic rings. The molecule has 4 amide bonds. The predicted molar refractivity (Wildman–Crippen MR) is 74.6 cm³/mol. The number of carboxylic acid groups (broad SMARTS) is 1. The molecule has 0 radical (unpaired) electrons. The zero-order valence-electron chi connectivity index (χ0n) is 11.2. The number of hydrogen-bond donors (Lipinski definition) is 3. The Kier molecular flexibility index (Phi) is 5.92. The minimum Gasteiger partial charge on any atom is -0.481 e. The highest BCUT2D eigenvalue weighted by molar-refractivity contribution is 6.30. The number of nitrogens with one attached hydrogen (secondary N) is 1. The molecule has 1 atom stereocenters. The van der Waals surface area contributed by atoms with E-state index < -0.39 is 23.9 Å². The van der Waals surface area contributed by atoms with Crippen LogP contribution in [-0.2, 0) is 11.3 Å². The van der Waals surface area contributed by atoms with Gasteiger partial charge in [-0.05, 0) is 12.1 Å². The molecule has 9 heteroatoms. The summed E-state index contributed by atoms with van der Waals surface area (Å²) in [5.41, 5.74) is 5.61. The van der Waals surface area contributed by atoms with E-state index in [9.17, 15) is 14.4 Å². The number of primary amides is 1. The Morgan fingerprint density at radius 3 is 2.62 bits per heavy atom. The Morgan fingerprint density at radius 1 is 1.48 bits per heavy atom. The zero-order valence-corrected chi connectivity index (χ0v) is 12.0. The maximum atomic E-state index is 11.9. The van der Waals surface area contributed by atoms with Gasteiger partial charge in [0.25, 0.3) is 0 Å². The Bertz CT molecular complexity index is 535. The summed E-state index contributed by atoms with van der Waals surface area (Å²) in [6, 6.07) is 1.41. The van der Waals surface area contributed by atoms with E-state index in [0.717, 1.165) is 0 Å². The van der Waals surface area contributed by atoms with Crippen LogP contribution in [0.4, 0.5) is 9.59 Å². The second kappa shape index (κ2) is 7.44. The van der Waals surface area contributed by atoms with Crippen molar-refractivity contribution >= 4 is 29.6 Å². The average Bonchev–Trinajstić information content (AvgIpc) is 2.43. The van der Waals surface area contributed by atoms with Crippen molar-refractivity contribution in [2.75, 3.05) is 6.54 Å². The molecule has 1 heterocycles. The second-order valence-electron chi connectivity index (χ2n) is 4.31. The molecule has 0 aromatic carbocycles. The number of urea groups is 2. The van der Waals surface area contributed by atoms with Gasteiger partial charge in [0, 0.05) is 12.7 Å². The lowest BCUT2D eigenvalue weighted by Gasteiger charge is -2.20. The van der Waals surface area contributed by atoms with E-state index in [1.165, 1.54) is 13.1 Å². The first-order chi connectivity index (χ1) is 9.81. The summed E-state index contributed by atoms with van der Waals surface area (Å²) in [5, 5.41) is 11.7. The van der Waals surface area contributed by atoms with Gasteiger partial charge in [-0.2, -0.15) is 0 Å². The quantitative estimate of drug-likeness (QED) is 0.748. The van der Waals surface area contributed by atoms with E-state index in [4.69, 9.17) is 22.4 Å². The van der Waals surface area contributed by atoms with Gasteiger partial charge in [0.15, 0.2) is 0 Å². The number of pyridine rings is 1. The average molecular weight is 315 g/mol. The minimum absolute atomic E-state index is 0.0568. The van der Waals surface area contributed by atoms with Crippen molar-refractivity contribution in [2.45, 2.75) is 13.5 Å². The van der Waals surface area contributed by atoms with Gasteiger partial charge in [0.2, 0.25) is 0 Å². The molecule has 1 aromatic heterocycles. The standard InChI is InChI=1S/C12H15ClN4O4/c1-7(10(18)19)6-17(11(14)20)12(21)16-5-9-3-2-8(13)4-15-9/h2-4,7H,5-6H2,1H3,(H2,14,20)(H,16,21)(H,18,19)/t7-/m0/s1. The van der Waals surface area contributed by atoms with E-state index in [1.807, 2.05) is 0 Å². The predicted octanol–water partition coefficient (Wildman–Crippen LogP) is 1.05. The molecule has 21 heavy (non-hydrogen) atoms. The molecule has 0 saturated carbocycles. The van der Waals surface area contributed by atoms with E-state index in [1.54, 1.807) is 12.1 Å². The first kappa shape index (κ1) is 16.7. The van der Waals surface area contributed by atoms with E-state index in [0.29, 0.717) is 15.6 Å². The summed E-state index contributed by atoms with van der Waals surface area (Å²) in [5.74, 6) is -2.05. The summed E-state index contributed by atoms with van der Waals surface area (Å²) in [6.45, 7) is 1.11. The van der Waals surface area contributed by atoms with Crippen LogP contribution in [0.1, 0.15) is 12.6 Å². The van der Waals surface area contributed by atoms with Crippen LogP contribution in [-0.4, -0.2) is 39.6 Å². The summed E-state index contributed by atoms with van der Waals surface area (Å²) in [6.07, 6.45) is 1.42. The van der Waals surface area contributed by atoms with E-state index in [-0.39, 0.29) is 13.1 Å². The molecule has 0 bridgehead atoms. The Balaban J connectivity index is 2.63. The number of halogens is 1. The summed E-state index contributed by atoms with van der Waals surface area (Å²) in [7, 11) is 0. The number of amides is 4. The zero-order chi connectivity index (χ0) is 16.0. The van der Waals surface area contributed by atoms with Crippen LogP contribution >= 0.6 is 11.6 Å². The molecule has 0 fully saturated rings. The number of carbonyl (C=O) groups excluding carboxylic acids is 2. The molecular formula is C12H15ClN4O4.